The van der Waals surface area contributed by atoms with Crippen molar-refractivity contribution in [1.82, 2.24) is 19.7 Å². The molecule has 3 aromatic rings. The Morgan fingerprint density at radius 1 is 1.21 bits per heavy atom. The Morgan fingerprint density at radius 2 is 2.12 bits per heavy atom. The number of para-hydroxylation sites is 1. The van der Waals surface area contributed by atoms with E-state index in [-0.39, 0.29) is 11.9 Å². The average molecular weight is 322 g/mol. The van der Waals surface area contributed by atoms with E-state index in [1.165, 1.54) is 12.1 Å². The van der Waals surface area contributed by atoms with E-state index in [1.54, 1.807) is 6.20 Å². The molecule has 1 N–H and O–H groups in total. The van der Waals surface area contributed by atoms with Crippen molar-refractivity contribution in [2.45, 2.75) is 31.7 Å². The van der Waals surface area contributed by atoms with Gasteiger partial charge in [-0.1, -0.05) is 25.0 Å². The maximum Gasteiger partial charge on any atom is 0.256 e. The summed E-state index contributed by atoms with van der Waals surface area (Å²) >= 11 is 0. The number of aromatic nitrogens is 3. The highest BCUT2D eigenvalue weighted by molar-refractivity contribution is 6.05. The molecule has 2 aromatic heterocycles. The summed E-state index contributed by atoms with van der Waals surface area (Å²) in [6, 6.07) is 10.1. The van der Waals surface area contributed by atoms with Crippen LogP contribution in [0.2, 0.25) is 0 Å². The molecule has 3 heterocycles. The van der Waals surface area contributed by atoms with Crippen molar-refractivity contribution < 1.29 is 4.79 Å². The standard InChI is InChI=1S/C19H22N4O/c1-22-11-6-10-16(22)17-9-3-2-4-12-23(17)19(24)15-8-5-7-14-13-20-21-18(14)15/h5-8,10-11,13,17H,2-4,9,12H2,1H3,(H,20,21)/t17-/m0/s1. The summed E-state index contributed by atoms with van der Waals surface area (Å²) in [7, 11) is 2.05. The van der Waals surface area contributed by atoms with Crippen LogP contribution in [0, 0.1) is 0 Å². The summed E-state index contributed by atoms with van der Waals surface area (Å²) < 4.78 is 2.13. The van der Waals surface area contributed by atoms with E-state index in [0.29, 0.717) is 5.56 Å². The van der Waals surface area contributed by atoms with Crippen LogP contribution < -0.4 is 0 Å². The average Bonchev–Trinajstić information content (AvgIpc) is 3.17. The molecule has 1 atom stereocenters. The van der Waals surface area contributed by atoms with Crippen LogP contribution in [-0.2, 0) is 7.05 Å². The number of hydrogen-bond acceptors (Lipinski definition) is 2. The van der Waals surface area contributed by atoms with E-state index in [1.807, 2.05) is 18.2 Å². The smallest absolute Gasteiger partial charge is 0.256 e. The van der Waals surface area contributed by atoms with Gasteiger partial charge in [0.25, 0.3) is 5.91 Å². The highest BCUT2D eigenvalue weighted by Gasteiger charge is 2.29. The molecule has 1 aliphatic heterocycles. The van der Waals surface area contributed by atoms with Gasteiger partial charge in [0.15, 0.2) is 0 Å². The van der Waals surface area contributed by atoms with Crippen molar-refractivity contribution in [2.24, 2.45) is 7.05 Å². The summed E-state index contributed by atoms with van der Waals surface area (Å²) in [6.07, 6.45) is 8.24. The lowest BCUT2D eigenvalue weighted by atomic mass is 10.0. The molecule has 1 amide bonds. The molecule has 1 aromatic carbocycles. The SMILES string of the molecule is Cn1cccc1[C@@H]1CCCCCN1C(=O)c1cccc2cn[nH]c12. The van der Waals surface area contributed by atoms with Gasteiger partial charge in [-0.25, -0.2) is 0 Å². The van der Waals surface area contributed by atoms with E-state index in [2.05, 4.69) is 45.0 Å². The van der Waals surface area contributed by atoms with Crippen molar-refractivity contribution in [3.05, 3.63) is 54.0 Å². The first kappa shape index (κ1) is 15.0. The maximum atomic E-state index is 13.4. The van der Waals surface area contributed by atoms with Crippen LogP contribution in [0.15, 0.2) is 42.7 Å². The van der Waals surface area contributed by atoms with Crippen molar-refractivity contribution in [1.29, 1.82) is 0 Å². The molecule has 1 fully saturated rings. The van der Waals surface area contributed by atoms with Crippen LogP contribution in [0.3, 0.4) is 0 Å². The minimum atomic E-state index is 0.0953. The monoisotopic (exact) mass is 322 g/mol. The van der Waals surface area contributed by atoms with Crippen LogP contribution in [0.4, 0.5) is 0 Å². The number of fused-ring (bicyclic) bond motifs is 1. The second-order valence-corrected chi connectivity index (χ2v) is 6.55. The molecule has 0 radical (unpaired) electrons. The third-order valence-corrected chi connectivity index (χ3v) is 5.05. The third-order valence-electron chi connectivity index (χ3n) is 5.05. The number of hydrogen-bond donors (Lipinski definition) is 1. The number of nitrogens with one attached hydrogen (secondary N) is 1. The second-order valence-electron chi connectivity index (χ2n) is 6.55. The van der Waals surface area contributed by atoms with Gasteiger partial charge in [-0.3, -0.25) is 9.89 Å². The summed E-state index contributed by atoms with van der Waals surface area (Å²) in [5.41, 5.74) is 2.76. The minimum absolute atomic E-state index is 0.0953. The van der Waals surface area contributed by atoms with Crippen LogP contribution in [0.5, 0.6) is 0 Å². The number of benzene rings is 1. The number of H-pyrrole nitrogens is 1. The zero-order valence-corrected chi connectivity index (χ0v) is 13.9. The molecular weight excluding hydrogens is 300 g/mol. The van der Waals surface area contributed by atoms with Gasteiger partial charge in [-0.15, -0.1) is 0 Å². The van der Waals surface area contributed by atoms with Crippen LogP contribution in [-0.4, -0.2) is 32.1 Å². The summed E-state index contributed by atoms with van der Waals surface area (Å²) in [4.78, 5) is 15.4. The fraction of sp³-hybridized carbons (Fsp3) is 0.368. The van der Waals surface area contributed by atoms with Crippen LogP contribution in [0.25, 0.3) is 10.9 Å². The molecule has 1 saturated heterocycles. The first-order valence-electron chi connectivity index (χ1n) is 8.60. The molecule has 124 valence electrons. The van der Waals surface area contributed by atoms with E-state index in [4.69, 9.17) is 0 Å². The molecule has 0 unspecified atom stereocenters. The highest BCUT2D eigenvalue weighted by atomic mass is 16.2. The number of rotatable bonds is 2. The van der Waals surface area contributed by atoms with Crippen molar-refractivity contribution in [2.75, 3.05) is 6.54 Å². The number of carbonyl (C=O) groups is 1. The molecular formula is C19H22N4O. The molecule has 24 heavy (non-hydrogen) atoms. The molecule has 1 aliphatic rings. The first-order chi connectivity index (χ1) is 11.8. The lowest BCUT2D eigenvalue weighted by Crippen LogP contribution is -2.35. The Balaban J connectivity index is 1.75. The predicted octanol–water partition coefficient (Wildman–Crippen LogP) is 3.66. The number of likely N-dealkylation sites (tertiary alicyclic amines) is 1. The zero-order valence-electron chi connectivity index (χ0n) is 13.9. The van der Waals surface area contributed by atoms with Crippen molar-refractivity contribution >= 4 is 16.8 Å². The van der Waals surface area contributed by atoms with Crippen LogP contribution in [0.1, 0.15) is 47.8 Å². The zero-order chi connectivity index (χ0) is 16.5. The quantitative estimate of drug-likeness (QED) is 0.783. The number of aromatic amines is 1. The molecule has 0 saturated carbocycles. The summed E-state index contributed by atoms with van der Waals surface area (Å²) in [5, 5.41) is 8.05. The van der Waals surface area contributed by atoms with E-state index in [9.17, 15) is 4.79 Å². The van der Waals surface area contributed by atoms with Gasteiger partial charge in [-0.2, -0.15) is 5.10 Å². The fourth-order valence-corrected chi connectivity index (χ4v) is 3.78. The third kappa shape index (κ3) is 2.50. The molecule has 0 bridgehead atoms. The number of aryl methyl sites for hydroxylation is 1. The number of carbonyl (C=O) groups excluding carboxylic acids is 1. The molecule has 5 nitrogen and oxygen atoms in total. The lowest BCUT2D eigenvalue weighted by Gasteiger charge is -2.31. The first-order valence-corrected chi connectivity index (χ1v) is 8.60. The van der Waals surface area contributed by atoms with Gasteiger partial charge in [0, 0.05) is 30.9 Å². The Kier molecular flexibility index (Phi) is 3.84. The summed E-state index contributed by atoms with van der Waals surface area (Å²) in [5.74, 6) is 0.0953. The van der Waals surface area contributed by atoms with E-state index in [0.717, 1.165) is 36.7 Å². The molecule has 5 heteroatoms. The highest BCUT2D eigenvalue weighted by Crippen LogP contribution is 2.32. The molecule has 0 spiro atoms. The second kappa shape index (κ2) is 6.15. The Bertz CT molecular complexity index is 863. The lowest BCUT2D eigenvalue weighted by molar-refractivity contribution is 0.0676. The number of nitrogens with zero attached hydrogens (tertiary/aromatic N) is 3. The van der Waals surface area contributed by atoms with Crippen molar-refractivity contribution in [3.8, 4) is 0 Å². The molecule has 0 aliphatic carbocycles. The minimum Gasteiger partial charge on any atom is -0.353 e. The van der Waals surface area contributed by atoms with Gasteiger partial charge in [-0.05, 0) is 31.0 Å². The van der Waals surface area contributed by atoms with Crippen LogP contribution >= 0.6 is 0 Å². The summed E-state index contributed by atoms with van der Waals surface area (Å²) in [6.45, 7) is 0.805. The van der Waals surface area contributed by atoms with Gasteiger partial charge in [0.2, 0.25) is 0 Å². The normalized spacial score (nSPS) is 18.7. The van der Waals surface area contributed by atoms with E-state index < -0.39 is 0 Å². The Hall–Kier alpha value is -2.56. The maximum absolute atomic E-state index is 13.4. The van der Waals surface area contributed by atoms with Crippen molar-refractivity contribution in [3.63, 3.8) is 0 Å². The topological polar surface area (TPSA) is 53.9 Å². The van der Waals surface area contributed by atoms with Gasteiger partial charge in [0.1, 0.15) is 0 Å². The van der Waals surface area contributed by atoms with E-state index >= 15 is 0 Å². The van der Waals surface area contributed by atoms with Gasteiger partial charge >= 0.3 is 0 Å². The molecule has 4 rings (SSSR count). The fourth-order valence-electron chi connectivity index (χ4n) is 3.78. The largest absolute Gasteiger partial charge is 0.353 e. The Morgan fingerprint density at radius 3 is 2.96 bits per heavy atom. The predicted molar refractivity (Wildman–Crippen MR) is 93.8 cm³/mol. The Labute approximate surface area is 141 Å². The van der Waals surface area contributed by atoms with Gasteiger partial charge in [0.05, 0.1) is 23.3 Å². The number of amides is 1. The van der Waals surface area contributed by atoms with Gasteiger partial charge < -0.3 is 9.47 Å².